The number of hydrogen-bond donors (Lipinski definition) is 1. The third-order valence-corrected chi connectivity index (χ3v) is 6.91. The fraction of sp³-hybridized carbons (Fsp3) is 1.00. The van der Waals surface area contributed by atoms with Crippen molar-refractivity contribution < 1.29 is 8.42 Å². The van der Waals surface area contributed by atoms with Crippen LogP contribution < -0.4 is 5.32 Å². The molecule has 1 saturated heterocycles. The van der Waals surface area contributed by atoms with Crippen molar-refractivity contribution in [3.63, 3.8) is 0 Å². The molecule has 1 aliphatic heterocycles. The molecule has 0 aromatic heterocycles. The largest absolute Gasteiger partial charge is 0.313 e. The van der Waals surface area contributed by atoms with E-state index in [0.717, 1.165) is 31.8 Å². The van der Waals surface area contributed by atoms with Crippen LogP contribution in [0, 0.1) is 5.92 Å². The zero-order chi connectivity index (χ0) is 14.6. The molecule has 1 saturated carbocycles. The monoisotopic (exact) mass is 302 g/mol. The zero-order valence-corrected chi connectivity index (χ0v) is 13.8. The van der Waals surface area contributed by atoms with Crippen molar-refractivity contribution in [1.82, 2.24) is 9.62 Å². The molecule has 118 valence electrons. The van der Waals surface area contributed by atoms with Gasteiger partial charge in [0.05, 0.1) is 5.25 Å². The van der Waals surface area contributed by atoms with E-state index in [4.69, 9.17) is 0 Å². The third kappa shape index (κ3) is 4.43. The van der Waals surface area contributed by atoms with E-state index in [9.17, 15) is 8.42 Å². The Morgan fingerprint density at radius 1 is 1.20 bits per heavy atom. The fourth-order valence-corrected chi connectivity index (χ4v) is 4.63. The van der Waals surface area contributed by atoms with Crippen molar-refractivity contribution in [2.45, 2.75) is 70.1 Å². The van der Waals surface area contributed by atoms with Gasteiger partial charge in [-0.05, 0) is 44.9 Å². The minimum Gasteiger partial charge on any atom is -0.313 e. The highest BCUT2D eigenvalue weighted by Gasteiger charge is 2.31. The van der Waals surface area contributed by atoms with Crippen molar-refractivity contribution in [3.05, 3.63) is 0 Å². The van der Waals surface area contributed by atoms with Crippen molar-refractivity contribution in [2.24, 2.45) is 5.92 Å². The van der Waals surface area contributed by atoms with Crippen LogP contribution in [0.3, 0.4) is 0 Å². The molecule has 2 atom stereocenters. The summed E-state index contributed by atoms with van der Waals surface area (Å²) in [5, 5.41) is 3.04. The predicted octanol–water partition coefficient (Wildman–Crippen LogP) is 2.36. The van der Waals surface area contributed by atoms with Gasteiger partial charge in [-0.2, -0.15) is 0 Å². The summed E-state index contributed by atoms with van der Waals surface area (Å²) in [7, 11) is -3.12. The van der Waals surface area contributed by atoms with Crippen LogP contribution >= 0.6 is 0 Å². The molecule has 2 rings (SSSR count). The van der Waals surface area contributed by atoms with E-state index < -0.39 is 10.0 Å². The first-order valence-electron chi connectivity index (χ1n) is 8.26. The molecule has 1 N–H and O–H groups in total. The minimum absolute atomic E-state index is 0.300. The van der Waals surface area contributed by atoms with Gasteiger partial charge in [0.2, 0.25) is 10.0 Å². The Labute approximate surface area is 124 Å². The summed E-state index contributed by atoms with van der Waals surface area (Å²) in [5.41, 5.74) is 0. The van der Waals surface area contributed by atoms with E-state index in [1.165, 1.54) is 32.1 Å². The second-order valence-electron chi connectivity index (χ2n) is 6.52. The van der Waals surface area contributed by atoms with Crippen LogP contribution in [0.4, 0.5) is 0 Å². The highest BCUT2D eigenvalue weighted by molar-refractivity contribution is 7.89. The van der Waals surface area contributed by atoms with Gasteiger partial charge in [0.1, 0.15) is 0 Å². The van der Waals surface area contributed by atoms with Gasteiger partial charge in [-0.25, -0.2) is 12.7 Å². The molecule has 0 aromatic rings. The van der Waals surface area contributed by atoms with Gasteiger partial charge in [-0.1, -0.05) is 19.8 Å². The standard InChI is InChI=1S/C15H30N2O2S/c1-3-5-14-6-4-10-17(11-9-14)20(18,19)13(2)12-16-15-7-8-15/h13-16H,3-12H2,1-2H3. The Bertz CT molecular complexity index is 393. The average Bonchev–Trinajstić information content (AvgIpc) is 3.23. The van der Waals surface area contributed by atoms with Gasteiger partial charge in [-0.3, -0.25) is 0 Å². The van der Waals surface area contributed by atoms with E-state index in [1.54, 1.807) is 4.31 Å². The minimum atomic E-state index is -3.12. The average molecular weight is 302 g/mol. The van der Waals surface area contributed by atoms with Crippen LogP contribution in [0.1, 0.15) is 58.8 Å². The first kappa shape index (κ1) is 16.2. The number of rotatable bonds is 7. The molecule has 2 unspecified atom stereocenters. The van der Waals surface area contributed by atoms with Crippen molar-refractivity contribution >= 4 is 10.0 Å². The number of hydrogen-bond acceptors (Lipinski definition) is 3. The molecular formula is C15H30N2O2S. The number of nitrogens with one attached hydrogen (secondary N) is 1. The van der Waals surface area contributed by atoms with E-state index in [2.05, 4.69) is 12.2 Å². The molecule has 0 radical (unpaired) electrons. The summed E-state index contributed by atoms with van der Waals surface area (Å²) in [6.45, 7) is 6.10. The second kappa shape index (κ2) is 7.23. The van der Waals surface area contributed by atoms with Crippen molar-refractivity contribution in [2.75, 3.05) is 19.6 Å². The first-order chi connectivity index (χ1) is 9.54. The summed E-state index contributed by atoms with van der Waals surface area (Å²) in [6.07, 6.45) is 8.10. The molecule has 0 amide bonds. The maximum atomic E-state index is 12.6. The molecule has 0 aromatic carbocycles. The summed E-state index contributed by atoms with van der Waals surface area (Å²) in [4.78, 5) is 0. The molecule has 5 heteroatoms. The predicted molar refractivity (Wildman–Crippen MR) is 83.2 cm³/mol. The van der Waals surface area contributed by atoms with Crippen molar-refractivity contribution in [1.29, 1.82) is 0 Å². The highest BCUT2D eigenvalue weighted by Crippen LogP contribution is 2.25. The van der Waals surface area contributed by atoms with E-state index in [-0.39, 0.29) is 5.25 Å². The Morgan fingerprint density at radius 2 is 1.95 bits per heavy atom. The molecule has 1 heterocycles. The quantitative estimate of drug-likeness (QED) is 0.785. The third-order valence-electron chi connectivity index (χ3n) is 4.64. The summed E-state index contributed by atoms with van der Waals surface area (Å²) < 4.78 is 27.0. The fourth-order valence-electron chi connectivity index (χ4n) is 3.07. The second-order valence-corrected chi connectivity index (χ2v) is 8.87. The van der Waals surface area contributed by atoms with Crippen LogP contribution in [-0.4, -0.2) is 43.6 Å². The van der Waals surface area contributed by atoms with Crippen LogP contribution in [-0.2, 0) is 10.0 Å². The lowest BCUT2D eigenvalue weighted by Crippen LogP contribution is -2.42. The van der Waals surface area contributed by atoms with Crippen LogP contribution in [0.5, 0.6) is 0 Å². The Morgan fingerprint density at radius 3 is 2.60 bits per heavy atom. The lowest BCUT2D eigenvalue weighted by Gasteiger charge is -2.24. The van der Waals surface area contributed by atoms with Crippen LogP contribution in [0.15, 0.2) is 0 Å². The van der Waals surface area contributed by atoms with Crippen LogP contribution in [0.25, 0.3) is 0 Å². The van der Waals surface area contributed by atoms with Gasteiger partial charge in [0.25, 0.3) is 0 Å². The zero-order valence-electron chi connectivity index (χ0n) is 13.0. The van der Waals surface area contributed by atoms with Gasteiger partial charge >= 0.3 is 0 Å². The van der Waals surface area contributed by atoms with Crippen molar-refractivity contribution in [3.8, 4) is 0 Å². The van der Waals surface area contributed by atoms with E-state index >= 15 is 0 Å². The molecule has 4 nitrogen and oxygen atoms in total. The van der Waals surface area contributed by atoms with Gasteiger partial charge < -0.3 is 5.32 Å². The number of sulfonamides is 1. The maximum absolute atomic E-state index is 12.6. The summed E-state index contributed by atoms with van der Waals surface area (Å²) >= 11 is 0. The lowest BCUT2D eigenvalue weighted by atomic mass is 9.96. The number of nitrogens with zero attached hydrogens (tertiary/aromatic N) is 1. The van der Waals surface area contributed by atoms with E-state index in [0.29, 0.717) is 12.6 Å². The highest BCUT2D eigenvalue weighted by atomic mass is 32.2. The van der Waals surface area contributed by atoms with Gasteiger partial charge in [0, 0.05) is 25.7 Å². The Hall–Kier alpha value is -0.130. The molecule has 0 bridgehead atoms. The molecule has 0 spiro atoms. The molecule has 2 fully saturated rings. The Balaban J connectivity index is 1.87. The normalized spacial score (nSPS) is 27.2. The smallest absolute Gasteiger partial charge is 0.217 e. The molecule has 2 aliphatic rings. The van der Waals surface area contributed by atoms with Gasteiger partial charge in [-0.15, -0.1) is 0 Å². The first-order valence-corrected chi connectivity index (χ1v) is 9.76. The van der Waals surface area contributed by atoms with Gasteiger partial charge in [0.15, 0.2) is 0 Å². The SMILES string of the molecule is CCCC1CCCN(S(=O)(=O)C(C)CNC2CC2)CC1. The molecular weight excluding hydrogens is 272 g/mol. The molecule has 20 heavy (non-hydrogen) atoms. The molecule has 1 aliphatic carbocycles. The lowest BCUT2D eigenvalue weighted by molar-refractivity contribution is 0.395. The summed E-state index contributed by atoms with van der Waals surface area (Å²) in [5.74, 6) is 0.722. The van der Waals surface area contributed by atoms with E-state index in [1.807, 2.05) is 6.92 Å². The summed E-state index contributed by atoms with van der Waals surface area (Å²) in [6, 6.07) is 0.575. The topological polar surface area (TPSA) is 49.4 Å². The maximum Gasteiger partial charge on any atom is 0.217 e. The van der Waals surface area contributed by atoms with Crippen LogP contribution in [0.2, 0.25) is 0 Å². The Kier molecular flexibility index (Phi) is 5.87.